The number of benzene rings is 1. The van der Waals surface area contributed by atoms with Crippen molar-refractivity contribution < 1.29 is 14.3 Å². The summed E-state index contributed by atoms with van der Waals surface area (Å²) in [5.74, 6) is -0.486. The van der Waals surface area contributed by atoms with E-state index in [-0.39, 0.29) is 5.69 Å². The van der Waals surface area contributed by atoms with Crippen molar-refractivity contribution in [2.45, 2.75) is 13.8 Å². The number of carboxylic acids is 1. The molecule has 2 heterocycles. The summed E-state index contributed by atoms with van der Waals surface area (Å²) < 4.78 is 6.98. The van der Waals surface area contributed by atoms with Gasteiger partial charge in [-0.05, 0) is 49.2 Å². The van der Waals surface area contributed by atoms with E-state index in [9.17, 15) is 4.79 Å². The van der Waals surface area contributed by atoms with Crippen molar-refractivity contribution in [3.05, 3.63) is 59.5 Å². The zero-order valence-corrected chi connectivity index (χ0v) is 11.7. The zero-order chi connectivity index (χ0) is 15.0. The van der Waals surface area contributed by atoms with E-state index in [1.807, 2.05) is 26.0 Å². The number of aryl methyl sites for hydroxylation is 2. The first kappa shape index (κ1) is 13.2. The molecule has 0 saturated carbocycles. The second-order valence-electron chi connectivity index (χ2n) is 4.95. The minimum Gasteiger partial charge on any atom is -0.476 e. The van der Waals surface area contributed by atoms with Crippen LogP contribution in [0.15, 0.2) is 47.1 Å². The summed E-state index contributed by atoms with van der Waals surface area (Å²) in [5, 5.41) is 13.3. The van der Waals surface area contributed by atoms with Crippen molar-refractivity contribution in [3.8, 4) is 17.1 Å². The van der Waals surface area contributed by atoms with Crippen LogP contribution < -0.4 is 0 Å². The minimum atomic E-state index is -1.06. The van der Waals surface area contributed by atoms with Gasteiger partial charge in [0, 0.05) is 6.07 Å². The molecular formula is C16H14N2O3. The van der Waals surface area contributed by atoms with Gasteiger partial charge < -0.3 is 9.52 Å². The third-order valence-corrected chi connectivity index (χ3v) is 3.15. The quantitative estimate of drug-likeness (QED) is 0.799. The molecule has 0 spiro atoms. The van der Waals surface area contributed by atoms with Crippen LogP contribution in [0.4, 0.5) is 0 Å². The lowest BCUT2D eigenvalue weighted by molar-refractivity contribution is 0.0690. The van der Waals surface area contributed by atoms with Gasteiger partial charge in [0.25, 0.3) is 0 Å². The Bertz CT molecular complexity index is 781. The molecule has 106 valence electrons. The van der Waals surface area contributed by atoms with Gasteiger partial charge in [-0.15, -0.1) is 0 Å². The molecule has 0 aliphatic heterocycles. The molecule has 2 aromatic heterocycles. The molecule has 0 aliphatic carbocycles. The first-order chi connectivity index (χ1) is 10.0. The maximum Gasteiger partial charge on any atom is 0.356 e. The highest BCUT2D eigenvalue weighted by molar-refractivity contribution is 5.87. The van der Waals surface area contributed by atoms with E-state index in [0.717, 1.165) is 16.8 Å². The monoisotopic (exact) mass is 282 g/mol. The molecule has 21 heavy (non-hydrogen) atoms. The Hall–Kier alpha value is -2.82. The molecule has 3 rings (SSSR count). The highest BCUT2D eigenvalue weighted by Gasteiger charge is 2.17. The van der Waals surface area contributed by atoms with Gasteiger partial charge in [-0.2, -0.15) is 5.10 Å². The normalized spacial score (nSPS) is 10.8. The smallest absolute Gasteiger partial charge is 0.356 e. The molecular weight excluding hydrogens is 268 g/mol. The number of carboxylic acid groups (broad SMARTS) is 1. The Morgan fingerprint density at radius 2 is 1.90 bits per heavy atom. The Morgan fingerprint density at radius 1 is 1.19 bits per heavy atom. The number of hydrogen-bond acceptors (Lipinski definition) is 3. The molecule has 3 aromatic rings. The summed E-state index contributed by atoms with van der Waals surface area (Å²) in [5.41, 5.74) is 3.58. The molecule has 0 saturated heterocycles. The van der Waals surface area contributed by atoms with Crippen LogP contribution in [0, 0.1) is 13.8 Å². The van der Waals surface area contributed by atoms with Crippen LogP contribution in [-0.4, -0.2) is 20.9 Å². The van der Waals surface area contributed by atoms with E-state index in [4.69, 9.17) is 9.52 Å². The first-order valence-corrected chi connectivity index (χ1v) is 6.50. The van der Waals surface area contributed by atoms with Crippen LogP contribution >= 0.6 is 0 Å². The van der Waals surface area contributed by atoms with Crippen LogP contribution in [0.25, 0.3) is 17.1 Å². The van der Waals surface area contributed by atoms with E-state index in [1.165, 1.54) is 6.07 Å². The highest BCUT2D eigenvalue weighted by atomic mass is 16.4. The molecule has 0 unspecified atom stereocenters. The Labute approximate surface area is 121 Å². The number of rotatable bonds is 3. The Balaban J connectivity index is 2.23. The van der Waals surface area contributed by atoms with Crippen LogP contribution in [0.2, 0.25) is 0 Å². The third kappa shape index (κ3) is 2.45. The first-order valence-electron chi connectivity index (χ1n) is 6.50. The topological polar surface area (TPSA) is 68.3 Å². The van der Waals surface area contributed by atoms with Gasteiger partial charge in [0.15, 0.2) is 11.5 Å². The van der Waals surface area contributed by atoms with Gasteiger partial charge in [-0.1, -0.05) is 6.07 Å². The molecule has 0 radical (unpaired) electrons. The Kier molecular flexibility index (Phi) is 3.10. The number of furan rings is 1. The average molecular weight is 282 g/mol. The molecule has 0 fully saturated rings. The second-order valence-corrected chi connectivity index (χ2v) is 4.95. The lowest BCUT2D eigenvalue weighted by Crippen LogP contribution is -2.02. The van der Waals surface area contributed by atoms with E-state index in [2.05, 4.69) is 11.2 Å². The van der Waals surface area contributed by atoms with E-state index in [0.29, 0.717) is 11.5 Å². The van der Waals surface area contributed by atoms with Crippen molar-refractivity contribution >= 4 is 5.97 Å². The standard InChI is InChI=1S/C16H14N2O3/c1-10-6-11(2)8-12(7-10)18-14(15-4-3-5-21-15)9-13(17-18)16(19)20/h3-9H,1-2H3,(H,19,20). The van der Waals surface area contributed by atoms with Gasteiger partial charge in [0.2, 0.25) is 0 Å². The lowest BCUT2D eigenvalue weighted by Gasteiger charge is -2.08. The molecule has 0 atom stereocenters. The summed E-state index contributed by atoms with van der Waals surface area (Å²) >= 11 is 0. The van der Waals surface area contributed by atoms with Crippen molar-refractivity contribution in [3.63, 3.8) is 0 Å². The number of hydrogen-bond donors (Lipinski definition) is 1. The van der Waals surface area contributed by atoms with Gasteiger partial charge >= 0.3 is 5.97 Å². The molecule has 5 nitrogen and oxygen atoms in total. The second kappa shape index (κ2) is 4.94. The van der Waals surface area contributed by atoms with Crippen molar-refractivity contribution in [1.29, 1.82) is 0 Å². The summed E-state index contributed by atoms with van der Waals surface area (Å²) in [6, 6.07) is 11.0. The van der Waals surface area contributed by atoms with E-state index < -0.39 is 5.97 Å². The predicted octanol–water partition coefficient (Wildman–Crippen LogP) is 3.45. The van der Waals surface area contributed by atoms with Crippen molar-refractivity contribution in [2.75, 3.05) is 0 Å². The molecule has 0 aliphatic rings. The summed E-state index contributed by atoms with van der Waals surface area (Å²) in [7, 11) is 0. The molecule has 0 amide bonds. The third-order valence-electron chi connectivity index (χ3n) is 3.15. The van der Waals surface area contributed by atoms with Gasteiger partial charge in [-0.3, -0.25) is 0 Å². The van der Waals surface area contributed by atoms with Gasteiger partial charge in [-0.25, -0.2) is 9.48 Å². The average Bonchev–Trinajstić information content (AvgIpc) is 3.06. The van der Waals surface area contributed by atoms with Crippen molar-refractivity contribution in [2.24, 2.45) is 0 Å². The molecule has 5 heteroatoms. The summed E-state index contributed by atoms with van der Waals surface area (Å²) in [6.07, 6.45) is 1.55. The summed E-state index contributed by atoms with van der Waals surface area (Å²) in [4.78, 5) is 11.2. The van der Waals surface area contributed by atoms with Crippen LogP contribution in [0.3, 0.4) is 0 Å². The van der Waals surface area contributed by atoms with E-state index >= 15 is 0 Å². The number of aromatic nitrogens is 2. The fourth-order valence-electron chi connectivity index (χ4n) is 2.36. The Morgan fingerprint density at radius 3 is 2.48 bits per heavy atom. The minimum absolute atomic E-state index is 0.0134. The maximum absolute atomic E-state index is 11.2. The molecule has 1 aromatic carbocycles. The van der Waals surface area contributed by atoms with Crippen LogP contribution in [0.1, 0.15) is 21.6 Å². The lowest BCUT2D eigenvalue weighted by atomic mass is 10.1. The number of aromatic carboxylic acids is 1. The van der Waals surface area contributed by atoms with Crippen molar-refractivity contribution in [1.82, 2.24) is 9.78 Å². The fraction of sp³-hybridized carbons (Fsp3) is 0.125. The van der Waals surface area contributed by atoms with Gasteiger partial charge in [0.05, 0.1) is 12.0 Å². The van der Waals surface area contributed by atoms with E-state index in [1.54, 1.807) is 23.1 Å². The van der Waals surface area contributed by atoms with Crippen LogP contribution in [0.5, 0.6) is 0 Å². The SMILES string of the molecule is Cc1cc(C)cc(-n2nc(C(=O)O)cc2-c2ccco2)c1. The highest BCUT2D eigenvalue weighted by Crippen LogP contribution is 2.25. The predicted molar refractivity (Wildman–Crippen MR) is 77.7 cm³/mol. The largest absolute Gasteiger partial charge is 0.476 e. The van der Waals surface area contributed by atoms with Crippen LogP contribution in [-0.2, 0) is 0 Å². The fourth-order valence-corrected chi connectivity index (χ4v) is 2.36. The maximum atomic E-state index is 11.2. The molecule has 0 bridgehead atoms. The zero-order valence-electron chi connectivity index (χ0n) is 11.7. The number of nitrogens with zero attached hydrogens (tertiary/aromatic N) is 2. The molecule has 1 N–H and O–H groups in total. The summed E-state index contributed by atoms with van der Waals surface area (Å²) in [6.45, 7) is 3.98. The number of carbonyl (C=O) groups is 1. The van der Waals surface area contributed by atoms with Gasteiger partial charge in [0.1, 0.15) is 5.69 Å².